The maximum absolute atomic E-state index is 12.2. The van der Waals surface area contributed by atoms with Gasteiger partial charge >= 0.3 is 0 Å². The molecule has 0 atom stereocenters. The molecule has 1 heterocycles. The number of rotatable bonds is 5. The summed E-state index contributed by atoms with van der Waals surface area (Å²) in [6.07, 6.45) is 1.53. The van der Waals surface area contributed by atoms with Gasteiger partial charge in [0.2, 0.25) is 10.0 Å². The minimum Gasteiger partial charge on any atom is -0.399 e. The lowest BCUT2D eigenvalue weighted by Crippen LogP contribution is -2.32. The van der Waals surface area contributed by atoms with E-state index in [1.54, 1.807) is 0 Å². The van der Waals surface area contributed by atoms with Crippen molar-refractivity contribution in [3.63, 3.8) is 0 Å². The largest absolute Gasteiger partial charge is 0.399 e. The lowest BCUT2D eigenvalue weighted by atomic mass is 10.0. The van der Waals surface area contributed by atoms with E-state index in [1.807, 2.05) is 0 Å². The van der Waals surface area contributed by atoms with E-state index in [0.717, 1.165) is 25.0 Å². The molecule has 116 valence electrons. The first-order valence-corrected chi connectivity index (χ1v) is 8.00. The molecular weight excluding hydrogens is 298 g/mol. The summed E-state index contributed by atoms with van der Waals surface area (Å²) < 4.78 is 32.1. The minimum atomic E-state index is -3.97. The van der Waals surface area contributed by atoms with Gasteiger partial charge in [0, 0.05) is 31.5 Å². The molecule has 0 bridgehead atoms. The second kappa shape index (κ2) is 6.37. The van der Waals surface area contributed by atoms with E-state index in [0.29, 0.717) is 13.2 Å². The van der Waals surface area contributed by atoms with Gasteiger partial charge in [-0.25, -0.2) is 13.1 Å². The van der Waals surface area contributed by atoms with E-state index >= 15 is 0 Å². The van der Waals surface area contributed by atoms with Crippen LogP contribution in [-0.4, -0.2) is 33.1 Å². The molecule has 3 N–H and O–H groups in total. The zero-order valence-corrected chi connectivity index (χ0v) is 12.1. The Bertz CT molecular complexity index is 626. The van der Waals surface area contributed by atoms with E-state index in [9.17, 15) is 18.5 Å². The lowest BCUT2D eigenvalue weighted by molar-refractivity contribution is -0.387. The highest BCUT2D eigenvalue weighted by atomic mass is 32.2. The van der Waals surface area contributed by atoms with Crippen molar-refractivity contribution in [2.45, 2.75) is 17.7 Å². The summed E-state index contributed by atoms with van der Waals surface area (Å²) in [7, 11) is -3.97. The summed E-state index contributed by atoms with van der Waals surface area (Å²) in [5.41, 5.74) is 5.21. The Morgan fingerprint density at radius 2 is 2.05 bits per heavy atom. The summed E-state index contributed by atoms with van der Waals surface area (Å²) in [6, 6.07) is 3.50. The number of nitro groups is 1. The fourth-order valence-electron chi connectivity index (χ4n) is 2.15. The number of nitrogen functional groups attached to an aromatic ring is 1. The van der Waals surface area contributed by atoms with Gasteiger partial charge in [-0.2, -0.15) is 0 Å². The normalized spacial score (nSPS) is 16.8. The van der Waals surface area contributed by atoms with Crippen LogP contribution in [0.2, 0.25) is 0 Å². The van der Waals surface area contributed by atoms with Gasteiger partial charge in [-0.3, -0.25) is 10.1 Å². The average Bonchev–Trinajstić information content (AvgIpc) is 2.46. The van der Waals surface area contributed by atoms with Crippen LogP contribution in [0.15, 0.2) is 23.1 Å². The molecule has 1 aliphatic heterocycles. The Morgan fingerprint density at radius 3 is 2.67 bits per heavy atom. The van der Waals surface area contributed by atoms with Crippen molar-refractivity contribution in [1.29, 1.82) is 0 Å². The van der Waals surface area contributed by atoms with E-state index in [1.165, 1.54) is 6.07 Å². The van der Waals surface area contributed by atoms with Crippen LogP contribution in [0, 0.1) is 16.0 Å². The van der Waals surface area contributed by atoms with Gasteiger partial charge in [-0.05, 0) is 30.9 Å². The van der Waals surface area contributed by atoms with Gasteiger partial charge in [0.25, 0.3) is 5.69 Å². The molecule has 0 unspecified atom stereocenters. The predicted molar refractivity (Wildman–Crippen MR) is 76.2 cm³/mol. The molecule has 1 aromatic carbocycles. The smallest absolute Gasteiger partial charge is 0.289 e. The second-order valence-corrected chi connectivity index (χ2v) is 6.63. The van der Waals surface area contributed by atoms with E-state index in [4.69, 9.17) is 10.5 Å². The van der Waals surface area contributed by atoms with Crippen LogP contribution in [-0.2, 0) is 14.8 Å². The zero-order valence-electron chi connectivity index (χ0n) is 11.3. The summed E-state index contributed by atoms with van der Waals surface area (Å²) in [5.74, 6) is 0.175. The van der Waals surface area contributed by atoms with Crippen LogP contribution in [0.25, 0.3) is 0 Å². The molecule has 1 aliphatic rings. The highest BCUT2D eigenvalue weighted by Gasteiger charge is 2.27. The van der Waals surface area contributed by atoms with Crippen LogP contribution >= 0.6 is 0 Å². The molecule has 0 spiro atoms. The second-order valence-electron chi connectivity index (χ2n) is 4.89. The van der Waals surface area contributed by atoms with Gasteiger partial charge in [-0.1, -0.05) is 0 Å². The third-order valence-electron chi connectivity index (χ3n) is 3.37. The molecule has 21 heavy (non-hydrogen) atoms. The van der Waals surface area contributed by atoms with Crippen LogP contribution in [0.4, 0.5) is 11.4 Å². The fourth-order valence-corrected chi connectivity index (χ4v) is 3.47. The van der Waals surface area contributed by atoms with E-state index in [2.05, 4.69) is 4.72 Å². The number of nitrogens with two attached hydrogens (primary N) is 1. The summed E-state index contributed by atoms with van der Waals surface area (Å²) in [5, 5.41) is 10.9. The highest BCUT2D eigenvalue weighted by molar-refractivity contribution is 7.89. The Kier molecular flexibility index (Phi) is 4.76. The number of nitrogens with one attached hydrogen (secondary N) is 1. The van der Waals surface area contributed by atoms with Crippen molar-refractivity contribution in [3.05, 3.63) is 28.3 Å². The predicted octanol–water partition coefficient (Wildman–Crippen LogP) is 0.882. The standard InChI is InChI=1S/C12H17N3O5S/c13-10-1-2-11(15(16)17)12(7-10)21(18,19)14-8-9-3-5-20-6-4-9/h1-2,7,9,14H,3-6,8,13H2. The Morgan fingerprint density at radius 1 is 1.38 bits per heavy atom. The van der Waals surface area contributed by atoms with Gasteiger partial charge in [0.05, 0.1) is 4.92 Å². The van der Waals surface area contributed by atoms with E-state index < -0.39 is 25.5 Å². The molecule has 0 radical (unpaired) electrons. The Labute approximate surface area is 122 Å². The van der Waals surface area contributed by atoms with Crippen LogP contribution in [0.1, 0.15) is 12.8 Å². The third-order valence-corrected chi connectivity index (χ3v) is 4.83. The SMILES string of the molecule is Nc1ccc([N+](=O)[O-])c(S(=O)(=O)NCC2CCOCC2)c1. The lowest BCUT2D eigenvalue weighted by Gasteiger charge is -2.22. The first kappa shape index (κ1) is 15.7. The molecule has 1 fully saturated rings. The molecule has 9 heteroatoms. The molecule has 1 saturated heterocycles. The molecule has 1 aromatic rings. The van der Waals surface area contributed by atoms with E-state index in [-0.39, 0.29) is 18.2 Å². The monoisotopic (exact) mass is 315 g/mol. The van der Waals surface area contributed by atoms with Gasteiger partial charge in [0.1, 0.15) is 0 Å². The van der Waals surface area contributed by atoms with Crippen LogP contribution in [0.5, 0.6) is 0 Å². The van der Waals surface area contributed by atoms with Crippen LogP contribution in [0.3, 0.4) is 0 Å². The molecule has 0 aliphatic carbocycles. The number of hydrogen-bond donors (Lipinski definition) is 2. The van der Waals surface area contributed by atoms with Gasteiger partial charge in [-0.15, -0.1) is 0 Å². The van der Waals surface area contributed by atoms with Crippen molar-refractivity contribution < 1.29 is 18.1 Å². The van der Waals surface area contributed by atoms with Crippen molar-refractivity contribution in [2.24, 2.45) is 5.92 Å². The quantitative estimate of drug-likeness (QED) is 0.472. The molecule has 8 nitrogen and oxygen atoms in total. The average molecular weight is 315 g/mol. The molecule has 0 amide bonds. The number of hydrogen-bond acceptors (Lipinski definition) is 6. The topological polar surface area (TPSA) is 125 Å². The van der Waals surface area contributed by atoms with Crippen molar-refractivity contribution in [2.75, 3.05) is 25.5 Å². The van der Waals surface area contributed by atoms with Crippen molar-refractivity contribution >= 4 is 21.4 Å². The molecular formula is C12H17N3O5S. The molecule has 0 saturated carbocycles. The maximum atomic E-state index is 12.2. The van der Waals surface area contributed by atoms with Crippen molar-refractivity contribution in [3.8, 4) is 0 Å². The maximum Gasteiger partial charge on any atom is 0.289 e. The molecule has 0 aromatic heterocycles. The first-order chi connectivity index (χ1) is 9.90. The third kappa shape index (κ3) is 3.90. The van der Waals surface area contributed by atoms with Crippen LogP contribution < -0.4 is 10.5 Å². The number of benzene rings is 1. The summed E-state index contributed by atoms with van der Waals surface area (Å²) in [6.45, 7) is 1.44. The fraction of sp³-hybridized carbons (Fsp3) is 0.500. The number of sulfonamides is 1. The van der Waals surface area contributed by atoms with Gasteiger partial charge in [0.15, 0.2) is 4.90 Å². The zero-order chi connectivity index (χ0) is 15.5. The number of nitrogens with zero attached hydrogens (tertiary/aromatic N) is 1. The van der Waals surface area contributed by atoms with Crippen molar-refractivity contribution in [1.82, 2.24) is 4.72 Å². The summed E-state index contributed by atoms with van der Waals surface area (Å²) in [4.78, 5) is 9.80. The minimum absolute atomic E-state index is 0.159. The molecule has 2 rings (SSSR count). The first-order valence-electron chi connectivity index (χ1n) is 6.51. The Hall–Kier alpha value is -1.71. The summed E-state index contributed by atoms with van der Waals surface area (Å²) >= 11 is 0. The van der Waals surface area contributed by atoms with Gasteiger partial charge < -0.3 is 10.5 Å². The highest BCUT2D eigenvalue weighted by Crippen LogP contribution is 2.26. The number of nitro benzene ring substituents is 1. The number of ether oxygens (including phenoxy) is 1. The number of anilines is 1. The Balaban J connectivity index is 2.18.